The molecule has 24 heavy (non-hydrogen) atoms. The van der Waals surface area contributed by atoms with E-state index in [1.807, 2.05) is 0 Å². The molecule has 0 radical (unpaired) electrons. The van der Waals surface area contributed by atoms with Crippen LogP contribution >= 0.6 is 0 Å². The number of anilines is 1. The van der Waals surface area contributed by atoms with Crippen molar-refractivity contribution in [1.29, 1.82) is 0 Å². The summed E-state index contributed by atoms with van der Waals surface area (Å²) in [5.41, 5.74) is 0.969. The molecule has 1 aromatic carbocycles. The minimum Gasteiger partial charge on any atom is -0.481 e. The van der Waals surface area contributed by atoms with Crippen molar-refractivity contribution >= 4 is 17.6 Å². The number of rotatable bonds is 5. The Balaban J connectivity index is 1.98. The van der Waals surface area contributed by atoms with E-state index in [4.69, 9.17) is 4.74 Å². The molecule has 0 fully saturated rings. The van der Waals surface area contributed by atoms with Gasteiger partial charge in [0.05, 0.1) is 12.7 Å². The van der Waals surface area contributed by atoms with Crippen LogP contribution in [0.2, 0.25) is 0 Å². The summed E-state index contributed by atoms with van der Waals surface area (Å²) in [7, 11) is 2.91. The third-order valence-electron chi connectivity index (χ3n) is 3.16. The van der Waals surface area contributed by atoms with Gasteiger partial charge in [0.1, 0.15) is 5.82 Å². The van der Waals surface area contributed by atoms with Crippen molar-refractivity contribution in [3.8, 4) is 5.88 Å². The molecule has 0 unspecified atom stereocenters. The monoisotopic (exact) mass is 332 g/mol. The second kappa shape index (κ2) is 7.91. The molecule has 0 spiro atoms. The van der Waals surface area contributed by atoms with Crippen molar-refractivity contribution in [2.24, 2.45) is 0 Å². The van der Waals surface area contributed by atoms with Crippen LogP contribution in [0, 0.1) is 5.82 Å². The molecule has 0 atom stereocenters. The Morgan fingerprint density at radius 2 is 2.04 bits per heavy atom. The first-order chi connectivity index (χ1) is 11.5. The molecule has 3 amide bonds. The normalized spacial score (nSPS) is 9.96. The first kappa shape index (κ1) is 17.2. The summed E-state index contributed by atoms with van der Waals surface area (Å²) in [6.45, 7) is 0.258. The van der Waals surface area contributed by atoms with Crippen molar-refractivity contribution < 1.29 is 18.7 Å². The summed E-state index contributed by atoms with van der Waals surface area (Å²) in [6.07, 6.45) is 1.57. The molecule has 1 heterocycles. The highest BCUT2D eigenvalue weighted by molar-refractivity contribution is 5.96. The molecule has 2 rings (SSSR count). The van der Waals surface area contributed by atoms with Gasteiger partial charge in [-0.1, -0.05) is 0 Å². The molecule has 0 saturated heterocycles. The molecule has 0 aliphatic heterocycles. The van der Waals surface area contributed by atoms with Crippen LogP contribution in [0.25, 0.3) is 0 Å². The first-order valence-corrected chi connectivity index (χ1v) is 7.09. The minimum atomic E-state index is -0.663. The van der Waals surface area contributed by atoms with Gasteiger partial charge in [0.2, 0.25) is 5.88 Å². The van der Waals surface area contributed by atoms with Gasteiger partial charge in [0.25, 0.3) is 5.91 Å². The predicted octanol–water partition coefficient (Wildman–Crippen LogP) is 1.91. The van der Waals surface area contributed by atoms with Gasteiger partial charge in [-0.05, 0) is 29.8 Å². The number of hydrogen-bond donors (Lipinski definition) is 3. The number of urea groups is 1. The van der Waals surface area contributed by atoms with Gasteiger partial charge in [-0.25, -0.2) is 14.2 Å². The first-order valence-electron chi connectivity index (χ1n) is 7.09. The van der Waals surface area contributed by atoms with Crippen LogP contribution in [0.3, 0.4) is 0 Å². The molecule has 0 saturated carbocycles. The fraction of sp³-hybridized carbons (Fsp3) is 0.188. The third kappa shape index (κ3) is 4.42. The molecule has 2 aromatic rings. The fourth-order valence-electron chi connectivity index (χ4n) is 1.94. The molecular weight excluding hydrogens is 315 g/mol. The number of benzene rings is 1. The summed E-state index contributed by atoms with van der Waals surface area (Å²) < 4.78 is 18.6. The summed E-state index contributed by atoms with van der Waals surface area (Å²) in [4.78, 5) is 27.4. The highest BCUT2D eigenvalue weighted by Crippen LogP contribution is 2.15. The Kier molecular flexibility index (Phi) is 5.67. The largest absolute Gasteiger partial charge is 0.481 e. The number of carbonyl (C=O) groups excluding carboxylic acids is 2. The van der Waals surface area contributed by atoms with Crippen molar-refractivity contribution in [2.75, 3.05) is 19.5 Å². The number of nitrogens with zero attached hydrogens (tertiary/aromatic N) is 1. The molecule has 0 aliphatic rings. The summed E-state index contributed by atoms with van der Waals surface area (Å²) >= 11 is 0. The fourth-order valence-corrected chi connectivity index (χ4v) is 1.94. The zero-order chi connectivity index (χ0) is 17.5. The lowest BCUT2D eigenvalue weighted by Crippen LogP contribution is -2.28. The van der Waals surface area contributed by atoms with Gasteiger partial charge in [-0.15, -0.1) is 0 Å². The summed E-state index contributed by atoms with van der Waals surface area (Å²) in [5.74, 6) is -0.784. The number of ether oxygens (including phenoxy) is 1. The van der Waals surface area contributed by atoms with E-state index in [1.54, 1.807) is 18.3 Å². The second-order valence-corrected chi connectivity index (χ2v) is 4.79. The maximum atomic E-state index is 13.6. The van der Waals surface area contributed by atoms with Gasteiger partial charge < -0.3 is 20.7 Å². The quantitative estimate of drug-likeness (QED) is 0.780. The number of pyridine rings is 1. The second-order valence-electron chi connectivity index (χ2n) is 4.79. The maximum absolute atomic E-state index is 13.6. The van der Waals surface area contributed by atoms with E-state index in [0.29, 0.717) is 11.6 Å². The molecule has 0 bridgehead atoms. The number of hydrogen-bond acceptors (Lipinski definition) is 4. The van der Waals surface area contributed by atoms with Crippen molar-refractivity contribution in [1.82, 2.24) is 15.6 Å². The zero-order valence-corrected chi connectivity index (χ0v) is 13.2. The molecule has 0 aliphatic carbocycles. The SMILES string of the molecule is CNC(=O)c1cc(NC(=O)NCc2ccnc(OC)c2)ccc1F. The van der Waals surface area contributed by atoms with Crippen LogP contribution in [0.1, 0.15) is 15.9 Å². The smallest absolute Gasteiger partial charge is 0.319 e. The van der Waals surface area contributed by atoms with Gasteiger partial charge >= 0.3 is 6.03 Å². The number of halogens is 1. The van der Waals surface area contributed by atoms with Crippen LogP contribution in [-0.4, -0.2) is 31.1 Å². The average molecular weight is 332 g/mol. The van der Waals surface area contributed by atoms with Crippen LogP contribution in [0.5, 0.6) is 5.88 Å². The van der Waals surface area contributed by atoms with Gasteiger partial charge in [0.15, 0.2) is 0 Å². The van der Waals surface area contributed by atoms with Crippen molar-refractivity contribution in [3.63, 3.8) is 0 Å². The lowest BCUT2D eigenvalue weighted by molar-refractivity contribution is 0.0959. The average Bonchev–Trinajstić information content (AvgIpc) is 2.61. The molecule has 8 heteroatoms. The lowest BCUT2D eigenvalue weighted by Gasteiger charge is -2.10. The summed E-state index contributed by atoms with van der Waals surface area (Å²) in [6, 6.07) is 6.71. The Morgan fingerprint density at radius 3 is 2.75 bits per heavy atom. The predicted molar refractivity (Wildman–Crippen MR) is 86.4 cm³/mol. The number of aromatic nitrogens is 1. The van der Waals surface area contributed by atoms with Crippen LogP contribution in [0.15, 0.2) is 36.5 Å². The van der Waals surface area contributed by atoms with Gasteiger partial charge in [-0.3, -0.25) is 4.79 Å². The van der Waals surface area contributed by atoms with Crippen molar-refractivity contribution in [2.45, 2.75) is 6.54 Å². The number of nitrogens with one attached hydrogen (secondary N) is 3. The Morgan fingerprint density at radius 1 is 1.25 bits per heavy atom. The number of methoxy groups -OCH3 is 1. The highest BCUT2D eigenvalue weighted by Gasteiger charge is 2.12. The third-order valence-corrected chi connectivity index (χ3v) is 3.16. The Hall–Kier alpha value is -3.16. The van der Waals surface area contributed by atoms with E-state index in [0.717, 1.165) is 11.6 Å². The topological polar surface area (TPSA) is 92.4 Å². The van der Waals surface area contributed by atoms with Crippen LogP contribution in [-0.2, 0) is 6.54 Å². The Bertz CT molecular complexity index is 752. The molecule has 7 nitrogen and oxygen atoms in total. The van der Waals surface area contributed by atoms with E-state index in [2.05, 4.69) is 20.9 Å². The van der Waals surface area contributed by atoms with Crippen LogP contribution < -0.4 is 20.7 Å². The van der Waals surface area contributed by atoms with Crippen LogP contribution in [0.4, 0.5) is 14.9 Å². The molecular formula is C16H17FN4O3. The lowest BCUT2D eigenvalue weighted by atomic mass is 10.1. The molecule has 126 valence electrons. The van der Waals surface area contributed by atoms with Crippen molar-refractivity contribution in [3.05, 3.63) is 53.5 Å². The van der Waals surface area contributed by atoms with Gasteiger partial charge in [0, 0.05) is 31.5 Å². The Labute approximate surface area is 138 Å². The highest BCUT2D eigenvalue weighted by atomic mass is 19.1. The standard InChI is InChI=1S/C16H17FN4O3/c1-18-15(22)12-8-11(3-4-13(12)17)21-16(23)20-9-10-5-6-19-14(7-10)24-2/h3-8H,9H2,1-2H3,(H,18,22)(H2,20,21,23). The van der Waals surface area contributed by atoms with E-state index in [-0.39, 0.29) is 12.1 Å². The molecule has 3 N–H and O–H groups in total. The minimum absolute atomic E-state index is 0.144. The van der Waals surface area contributed by atoms with E-state index < -0.39 is 17.8 Å². The van der Waals surface area contributed by atoms with Gasteiger partial charge in [-0.2, -0.15) is 0 Å². The van der Waals surface area contributed by atoms with E-state index in [9.17, 15) is 14.0 Å². The van der Waals surface area contributed by atoms with E-state index in [1.165, 1.54) is 26.3 Å². The maximum Gasteiger partial charge on any atom is 0.319 e. The summed E-state index contributed by atoms with van der Waals surface area (Å²) in [5, 5.41) is 7.53. The zero-order valence-electron chi connectivity index (χ0n) is 13.2. The number of carbonyl (C=O) groups is 2. The number of amides is 3. The molecule has 1 aromatic heterocycles. The van der Waals surface area contributed by atoms with E-state index >= 15 is 0 Å².